The molecular formula is C13H16BrN5O. The van der Waals surface area contributed by atoms with Gasteiger partial charge in [-0.15, -0.1) is 0 Å². The van der Waals surface area contributed by atoms with Gasteiger partial charge in [-0.1, -0.05) is 0 Å². The van der Waals surface area contributed by atoms with Crippen molar-refractivity contribution in [2.45, 2.75) is 19.0 Å². The second-order valence-electron chi connectivity index (χ2n) is 4.98. The molecule has 1 atom stereocenters. The first kappa shape index (κ1) is 13.5. The molecule has 0 N–H and O–H groups in total. The summed E-state index contributed by atoms with van der Waals surface area (Å²) >= 11 is 3.42. The van der Waals surface area contributed by atoms with Crippen molar-refractivity contribution in [2.24, 2.45) is 0 Å². The van der Waals surface area contributed by atoms with Crippen LogP contribution in [0.25, 0.3) is 0 Å². The molecule has 0 aromatic carbocycles. The van der Waals surface area contributed by atoms with Gasteiger partial charge in [0.2, 0.25) is 0 Å². The molecule has 6 nitrogen and oxygen atoms in total. The minimum absolute atomic E-state index is 0.181. The Morgan fingerprint density at radius 3 is 3.05 bits per heavy atom. The summed E-state index contributed by atoms with van der Waals surface area (Å²) in [6, 6.07) is 2.21. The molecule has 0 spiro atoms. The first-order chi connectivity index (χ1) is 9.72. The Balaban J connectivity index is 1.56. The first-order valence-electron chi connectivity index (χ1n) is 6.66. The van der Waals surface area contributed by atoms with Crippen LogP contribution in [0, 0.1) is 0 Å². The number of hydrogen-bond acceptors (Lipinski definition) is 4. The summed E-state index contributed by atoms with van der Waals surface area (Å²) in [7, 11) is 0. The highest BCUT2D eigenvalue weighted by atomic mass is 79.9. The van der Waals surface area contributed by atoms with Crippen LogP contribution in [0.15, 0.2) is 40.1 Å². The largest absolute Gasteiger partial charge is 0.347 e. The molecule has 106 valence electrons. The molecule has 1 fully saturated rings. The number of aromatic nitrogens is 4. The molecule has 2 aromatic heterocycles. The maximum atomic E-state index is 11.5. The number of halogens is 1. The zero-order valence-electron chi connectivity index (χ0n) is 11.0. The lowest BCUT2D eigenvalue weighted by Crippen LogP contribution is -2.30. The lowest BCUT2D eigenvalue weighted by Gasteiger charge is -2.16. The van der Waals surface area contributed by atoms with Gasteiger partial charge in [0.1, 0.15) is 0 Å². The quantitative estimate of drug-likeness (QED) is 0.839. The van der Waals surface area contributed by atoms with E-state index in [1.807, 2.05) is 17.1 Å². The van der Waals surface area contributed by atoms with Crippen molar-refractivity contribution in [1.82, 2.24) is 24.2 Å². The van der Waals surface area contributed by atoms with Crippen molar-refractivity contribution in [3.8, 4) is 0 Å². The van der Waals surface area contributed by atoms with Gasteiger partial charge in [-0.25, -0.2) is 9.78 Å². The Morgan fingerprint density at radius 2 is 2.30 bits per heavy atom. The summed E-state index contributed by atoms with van der Waals surface area (Å²) < 4.78 is 4.68. The molecule has 3 heterocycles. The standard InChI is InChI=1S/C13H16BrN5O/c14-11-8-16-19(9-11)12-2-5-17(10-12)6-7-18-4-1-3-15-13(18)20/h1,3-4,8-9,12H,2,5-7,10H2. The lowest BCUT2D eigenvalue weighted by molar-refractivity contribution is 0.303. The number of nitrogens with zero attached hydrogens (tertiary/aromatic N) is 5. The SMILES string of the molecule is O=c1ncccn1CCN1CCC(n2cc(Br)cn2)C1. The molecule has 3 rings (SSSR count). The molecule has 1 aliphatic heterocycles. The maximum absolute atomic E-state index is 11.5. The summed E-state index contributed by atoms with van der Waals surface area (Å²) in [4.78, 5) is 17.6. The van der Waals surface area contributed by atoms with E-state index in [1.54, 1.807) is 16.8 Å². The van der Waals surface area contributed by atoms with Crippen LogP contribution in [0.4, 0.5) is 0 Å². The average Bonchev–Trinajstić information content (AvgIpc) is 3.06. The highest BCUT2D eigenvalue weighted by Gasteiger charge is 2.24. The van der Waals surface area contributed by atoms with Crippen LogP contribution in [0.1, 0.15) is 12.5 Å². The van der Waals surface area contributed by atoms with Gasteiger partial charge >= 0.3 is 5.69 Å². The predicted molar refractivity (Wildman–Crippen MR) is 78.5 cm³/mol. The second kappa shape index (κ2) is 5.88. The Hall–Kier alpha value is -1.47. The smallest absolute Gasteiger partial charge is 0.299 e. The van der Waals surface area contributed by atoms with Gasteiger partial charge in [-0.05, 0) is 28.4 Å². The van der Waals surface area contributed by atoms with Crippen molar-refractivity contribution in [3.63, 3.8) is 0 Å². The van der Waals surface area contributed by atoms with E-state index in [0.717, 1.165) is 30.5 Å². The monoisotopic (exact) mass is 337 g/mol. The van der Waals surface area contributed by atoms with E-state index < -0.39 is 0 Å². The molecule has 7 heteroatoms. The van der Waals surface area contributed by atoms with E-state index in [1.165, 1.54) is 6.20 Å². The van der Waals surface area contributed by atoms with Gasteiger partial charge in [-0.3, -0.25) is 14.1 Å². The Morgan fingerprint density at radius 1 is 1.40 bits per heavy atom. The molecule has 1 saturated heterocycles. The molecule has 2 aromatic rings. The lowest BCUT2D eigenvalue weighted by atomic mass is 10.3. The van der Waals surface area contributed by atoms with Crippen molar-refractivity contribution in [3.05, 3.63) is 45.8 Å². The van der Waals surface area contributed by atoms with Crippen LogP contribution in [0.5, 0.6) is 0 Å². The summed E-state index contributed by atoms with van der Waals surface area (Å²) in [6.45, 7) is 3.56. The Bertz CT molecular complexity index is 637. The highest BCUT2D eigenvalue weighted by molar-refractivity contribution is 9.10. The van der Waals surface area contributed by atoms with E-state index in [2.05, 4.69) is 30.9 Å². The van der Waals surface area contributed by atoms with Crippen LogP contribution in [-0.4, -0.2) is 43.9 Å². The zero-order valence-corrected chi connectivity index (χ0v) is 12.6. The summed E-state index contributed by atoms with van der Waals surface area (Å²) in [5.74, 6) is 0. The molecular weight excluding hydrogens is 322 g/mol. The third-order valence-electron chi connectivity index (χ3n) is 3.63. The van der Waals surface area contributed by atoms with Gasteiger partial charge in [-0.2, -0.15) is 5.10 Å². The molecule has 0 aliphatic carbocycles. The van der Waals surface area contributed by atoms with Crippen LogP contribution in [-0.2, 0) is 6.54 Å². The molecule has 1 aliphatic rings. The maximum Gasteiger partial charge on any atom is 0.347 e. The minimum Gasteiger partial charge on any atom is -0.299 e. The molecule has 20 heavy (non-hydrogen) atoms. The average molecular weight is 338 g/mol. The molecule has 1 unspecified atom stereocenters. The van der Waals surface area contributed by atoms with Crippen molar-refractivity contribution in [2.75, 3.05) is 19.6 Å². The minimum atomic E-state index is -0.181. The molecule has 0 radical (unpaired) electrons. The number of likely N-dealkylation sites (tertiary alicyclic amines) is 1. The third-order valence-corrected chi connectivity index (χ3v) is 4.04. The van der Waals surface area contributed by atoms with Crippen LogP contribution < -0.4 is 5.69 Å². The van der Waals surface area contributed by atoms with Gasteiger partial charge in [0.05, 0.1) is 16.7 Å². The number of rotatable bonds is 4. The van der Waals surface area contributed by atoms with Crippen LogP contribution >= 0.6 is 15.9 Å². The van der Waals surface area contributed by atoms with E-state index in [0.29, 0.717) is 12.6 Å². The van der Waals surface area contributed by atoms with Gasteiger partial charge in [0, 0.05) is 44.8 Å². The van der Waals surface area contributed by atoms with Gasteiger partial charge < -0.3 is 0 Å². The van der Waals surface area contributed by atoms with E-state index in [9.17, 15) is 4.79 Å². The van der Waals surface area contributed by atoms with Crippen LogP contribution in [0.3, 0.4) is 0 Å². The topological polar surface area (TPSA) is 56.0 Å². The fourth-order valence-electron chi connectivity index (χ4n) is 2.55. The van der Waals surface area contributed by atoms with Crippen molar-refractivity contribution in [1.29, 1.82) is 0 Å². The highest BCUT2D eigenvalue weighted by Crippen LogP contribution is 2.22. The van der Waals surface area contributed by atoms with E-state index in [-0.39, 0.29) is 5.69 Å². The third kappa shape index (κ3) is 2.99. The molecule has 0 bridgehead atoms. The Labute approximate surface area is 125 Å². The van der Waals surface area contributed by atoms with Crippen molar-refractivity contribution >= 4 is 15.9 Å². The molecule has 0 saturated carbocycles. The van der Waals surface area contributed by atoms with Crippen molar-refractivity contribution < 1.29 is 0 Å². The zero-order chi connectivity index (χ0) is 13.9. The van der Waals surface area contributed by atoms with E-state index >= 15 is 0 Å². The predicted octanol–water partition coefficient (Wildman–Crippen LogP) is 1.15. The number of hydrogen-bond donors (Lipinski definition) is 0. The van der Waals surface area contributed by atoms with Gasteiger partial charge in [0.25, 0.3) is 0 Å². The Kier molecular flexibility index (Phi) is 3.98. The molecule has 0 amide bonds. The van der Waals surface area contributed by atoms with E-state index in [4.69, 9.17) is 0 Å². The summed E-state index contributed by atoms with van der Waals surface area (Å²) in [5.41, 5.74) is -0.181. The summed E-state index contributed by atoms with van der Waals surface area (Å²) in [6.07, 6.45) is 8.24. The first-order valence-corrected chi connectivity index (χ1v) is 7.45. The second-order valence-corrected chi connectivity index (χ2v) is 5.89. The van der Waals surface area contributed by atoms with Gasteiger partial charge in [0.15, 0.2) is 0 Å². The van der Waals surface area contributed by atoms with Crippen LogP contribution in [0.2, 0.25) is 0 Å². The fourth-order valence-corrected chi connectivity index (χ4v) is 2.85. The normalized spacial score (nSPS) is 19.6. The fraction of sp³-hybridized carbons (Fsp3) is 0.462. The summed E-state index contributed by atoms with van der Waals surface area (Å²) in [5, 5.41) is 4.34.